The monoisotopic (exact) mass is 210 g/mol. The van der Waals surface area contributed by atoms with E-state index >= 15 is 0 Å². The van der Waals surface area contributed by atoms with Crippen LogP contribution in [0.4, 0.5) is 0 Å². The minimum absolute atomic E-state index is 0.966. The van der Waals surface area contributed by atoms with Gasteiger partial charge in [-0.2, -0.15) is 0 Å². The molecule has 2 rings (SSSR count). The molecule has 0 aromatic rings. The van der Waals surface area contributed by atoms with Gasteiger partial charge in [-0.15, -0.1) is 0 Å². The van der Waals surface area contributed by atoms with E-state index < -0.39 is 0 Å². The highest BCUT2D eigenvalue weighted by Crippen LogP contribution is 2.20. The first-order valence-electron chi connectivity index (χ1n) is 6.77. The average molecular weight is 210 g/mol. The van der Waals surface area contributed by atoms with Gasteiger partial charge in [-0.25, -0.2) is 0 Å². The highest BCUT2D eigenvalue weighted by Gasteiger charge is 2.19. The molecule has 1 atom stereocenters. The van der Waals surface area contributed by atoms with Gasteiger partial charge in [0.25, 0.3) is 0 Å². The van der Waals surface area contributed by atoms with E-state index in [0.29, 0.717) is 0 Å². The molecule has 0 saturated carbocycles. The fraction of sp³-hybridized carbons (Fsp3) is 1.00. The lowest BCUT2D eigenvalue weighted by Crippen LogP contribution is -2.36. The molecule has 88 valence electrons. The van der Waals surface area contributed by atoms with Crippen molar-refractivity contribution in [3.8, 4) is 0 Å². The molecule has 2 saturated heterocycles. The van der Waals surface area contributed by atoms with E-state index in [4.69, 9.17) is 0 Å². The van der Waals surface area contributed by atoms with Gasteiger partial charge in [-0.3, -0.25) is 0 Å². The summed E-state index contributed by atoms with van der Waals surface area (Å²) < 4.78 is 0. The molecular weight excluding hydrogens is 184 g/mol. The van der Waals surface area contributed by atoms with Crippen LogP contribution in [-0.2, 0) is 0 Å². The predicted molar refractivity (Wildman–Crippen MR) is 65.0 cm³/mol. The van der Waals surface area contributed by atoms with Crippen molar-refractivity contribution in [3.63, 3.8) is 0 Å². The maximum atomic E-state index is 3.50. The molecule has 0 aromatic carbocycles. The number of nitrogens with zero attached hydrogens (tertiary/aromatic N) is 1. The SMILES string of the molecule is CC1CCN(C[C@@H]2CCCNCC2)CC1. The first kappa shape index (κ1) is 11.4. The van der Waals surface area contributed by atoms with Crippen molar-refractivity contribution >= 4 is 0 Å². The Hall–Kier alpha value is -0.0800. The van der Waals surface area contributed by atoms with Gasteiger partial charge in [0.05, 0.1) is 0 Å². The molecule has 0 unspecified atom stereocenters. The highest BCUT2D eigenvalue weighted by molar-refractivity contribution is 4.74. The van der Waals surface area contributed by atoms with E-state index in [9.17, 15) is 0 Å². The molecule has 0 amide bonds. The zero-order chi connectivity index (χ0) is 10.5. The van der Waals surface area contributed by atoms with Crippen molar-refractivity contribution in [3.05, 3.63) is 0 Å². The minimum Gasteiger partial charge on any atom is -0.317 e. The van der Waals surface area contributed by atoms with Gasteiger partial charge in [0.1, 0.15) is 0 Å². The smallest absolute Gasteiger partial charge is 0.00101 e. The lowest BCUT2D eigenvalue weighted by Gasteiger charge is -2.32. The zero-order valence-electron chi connectivity index (χ0n) is 10.2. The normalized spacial score (nSPS) is 31.4. The van der Waals surface area contributed by atoms with Gasteiger partial charge in [-0.1, -0.05) is 6.92 Å². The van der Waals surface area contributed by atoms with Gasteiger partial charge < -0.3 is 10.2 Å². The quantitative estimate of drug-likeness (QED) is 0.751. The Bertz CT molecular complexity index is 165. The summed E-state index contributed by atoms with van der Waals surface area (Å²) in [5.74, 6) is 1.94. The lowest BCUT2D eigenvalue weighted by molar-refractivity contribution is 0.162. The molecule has 2 aliphatic rings. The summed E-state index contributed by atoms with van der Waals surface area (Å²) in [6.45, 7) is 8.96. The third-order valence-electron chi connectivity index (χ3n) is 4.09. The van der Waals surface area contributed by atoms with Crippen LogP contribution in [0.25, 0.3) is 0 Å². The van der Waals surface area contributed by atoms with Gasteiger partial charge in [-0.05, 0) is 70.1 Å². The first-order chi connectivity index (χ1) is 7.34. The summed E-state index contributed by atoms with van der Waals surface area (Å²) in [6.07, 6.45) is 7.07. The van der Waals surface area contributed by atoms with Crippen molar-refractivity contribution in [2.75, 3.05) is 32.7 Å². The second-order valence-electron chi connectivity index (χ2n) is 5.53. The van der Waals surface area contributed by atoms with E-state index in [-0.39, 0.29) is 0 Å². The molecule has 2 nitrogen and oxygen atoms in total. The van der Waals surface area contributed by atoms with Crippen molar-refractivity contribution < 1.29 is 0 Å². The fourth-order valence-electron chi connectivity index (χ4n) is 2.88. The molecule has 0 radical (unpaired) electrons. The van der Waals surface area contributed by atoms with Gasteiger partial charge in [0, 0.05) is 6.54 Å². The average Bonchev–Trinajstić information content (AvgIpc) is 2.50. The number of hydrogen-bond acceptors (Lipinski definition) is 2. The molecular formula is C13H26N2. The second kappa shape index (κ2) is 5.86. The Morgan fingerprint density at radius 1 is 1.07 bits per heavy atom. The number of rotatable bonds is 2. The van der Waals surface area contributed by atoms with Crippen LogP contribution >= 0.6 is 0 Å². The summed E-state index contributed by atoms with van der Waals surface area (Å²) in [5, 5.41) is 3.50. The molecule has 0 aliphatic carbocycles. The number of piperidine rings is 1. The Balaban J connectivity index is 1.70. The van der Waals surface area contributed by atoms with Gasteiger partial charge in [0.2, 0.25) is 0 Å². The Morgan fingerprint density at radius 2 is 1.87 bits per heavy atom. The zero-order valence-corrected chi connectivity index (χ0v) is 10.2. The number of likely N-dealkylation sites (tertiary alicyclic amines) is 1. The number of nitrogens with one attached hydrogen (secondary N) is 1. The molecule has 2 heteroatoms. The van der Waals surface area contributed by atoms with Crippen LogP contribution in [0.15, 0.2) is 0 Å². The van der Waals surface area contributed by atoms with Crippen molar-refractivity contribution in [1.29, 1.82) is 0 Å². The molecule has 0 bridgehead atoms. The lowest BCUT2D eigenvalue weighted by atomic mass is 9.95. The van der Waals surface area contributed by atoms with Gasteiger partial charge in [0.15, 0.2) is 0 Å². The van der Waals surface area contributed by atoms with Crippen LogP contribution in [0, 0.1) is 11.8 Å². The topological polar surface area (TPSA) is 15.3 Å². The van der Waals surface area contributed by atoms with Crippen LogP contribution < -0.4 is 5.32 Å². The summed E-state index contributed by atoms with van der Waals surface area (Å²) in [5.41, 5.74) is 0. The second-order valence-corrected chi connectivity index (χ2v) is 5.53. The predicted octanol–water partition coefficient (Wildman–Crippen LogP) is 2.11. The molecule has 1 N–H and O–H groups in total. The molecule has 0 aromatic heterocycles. The van der Waals surface area contributed by atoms with Crippen LogP contribution in [0.3, 0.4) is 0 Å². The van der Waals surface area contributed by atoms with Crippen molar-refractivity contribution in [1.82, 2.24) is 10.2 Å². The minimum atomic E-state index is 0.966. The summed E-state index contributed by atoms with van der Waals surface area (Å²) in [6, 6.07) is 0. The number of hydrogen-bond donors (Lipinski definition) is 1. The summed E-state index contributed by atoms with van der Waals surface area (Å²) >= 11 is 0. The van der Waals surface area contributed by atoms with Gasteiger partial charge >= 0.3 is 0 Å². The third kappa shape index (κ3) is 3.76. The maximum Gasteiger partial charge on any atom is 0.00101 e. The molecule has 2 aliphatic heterocycles. The molecule has 2 fully saturated rings. The maximum absolute atomic E-state index is 3.50. The van der Waals surface area contributed by atoms with Crippen LogP contribution in [0.5, 0.6) is 0 Å². The standard InChI is InChI=1S/C13H26N2/c1-12-5-9-15(10-6-12)11-13-3-2-7-14-8-4-13/h12-14H,2-11H2,1H3/t13-/m1/s1. The Morgan fingerprint density at radius 3 is 2.67 bits per heavy atom. The fourth-order valence-corrected chi connectivity index (χ4v) is 2.88. The first-order valence-corrected chi connectivity index (χ1v) is 6.77. The van der Waals surface area contributed by atoms with Crippen LogP contribution in [-0.4, -0.2) is 37.6 Å². The van der Waals surface area contributed by atoms with Crippen LogP contribution in [0.2, 0.25) is 0 Å². The molecule has 15 heavy (non-hydrogen) atoms. The van der Waals surface area contributed by atoms with Crippen LogP contribution in [0.1, 0.15) is 39.0 Å². The Kier molecular flexibility index (Phi) is 4.45. The van der Waals surface area contributed by atoms with E-state index in [1.807, 2.05) is 0 Å². The summed E-state index contributed by atoms with van der Waals surface area (Å²) in [7, 11) is 0. The van der Waals surface area contributed by atoms with E-state index in [1.165, 1.54) is 64.8 Å². The highest BCUT2D eigenvalue weighted by atomic mass is 15.1. The Labute approximate surface area is 94.4 Å². The van der Waals surface area contributed by atoms with E-state index in [2.05, 4.69) is 17.1 Å². The largest absolute Gasteiger partial charge is 0.317 e. The van der Waals surface area contributed by atoms with Crippen molar-refractivity contribution in [2.45, 2.75) is 39.0 Å². The van der Waals surface area contributed by atoms with E-state index in [0.717, 1.165) is 11.8 Å². The molecule has 0 spiro atoms. The summed E-state index contributed by atoms with van der Waals surface area (Å²) in [4.78, 5) is 2.70. The van der Waals surface area contributed by atoms with E-state index in [1.54, 1.807) is 0 Å². The third-order valence-corrected chi connectivity index (χ3v) is 4.09. The van der Waals surface area contributed by atoms with Crippen molar-refractivity contribution in [2.24, 2.45) is 11.8 Å². The molecule has 2 heterocycles.